The average Bonchev–Trinajstić information content (AvgIpc) is 2.67. The number of piperidine rings is 1. The highest BCUT2D eigenvalue weighted by Gasteiger charge is 2.27. The molecule has 1 aliphatic rings. The summed E-state index contributed by atoms with van der Waals surface area (Å²) in [6.45, 7) is 5.17. The van der Waals surface area contributed by atoms with E-state index < -0.39 is 0 Å². The molecule has 2 aromatic rings. The second-order valence-corrected chi connectivity index (χ2v) is 7.05. The summed E-state index contributed by atoms with van der Waals surface area (Å²) in [7, 11) is 1.42. The Bertz CT molecular complexity index is 828. The van der Waals surface area contributed by atoms with Crippen molar-refractivity contribution in [2.24, 2.45) is 5.92 Å². The van der Waals surface area contributed by atoms with Crippen molar-refractivity contribution in [3.63, 3.8) is 0 Å². The quantitative estimate of drug-likeness (QED) is 0.798. The Hall–Kier alpha value is -2.54. The van der Waals surface area contributed by atoms with Crippen LogP contribution < -0.4 is 15.4 Å². The predicted octanol–water partition coefficient (Wildman–Crippen LogP) is 3.51. The van der Waals surface area contributed by atoms with E-state index in [0.717, 1.165) is 11.1 Å². The molecule has 1 aromatic heterocycles. The number of hydrogen-bond acceptors (Lipinski definition) is 7. The van der Waals surface area contributed by atoms with Gasteiger partial charge in [0, 0.05) is 18.1 Å². The molecule has 0 amide bonds. The van der Waals surface area contributed by atoms with Crippen molar-refractivity contribution in [3.8, 4) is 11.6 Å². The Morgan fingerprint density at radius 3 is 2.44 bits per heavy atom. The summed E-state index contributed by atoms with van der Waals surface area (Å²) in [5, 5.41) is 0.715. The van der Waals surface area contributed by atoms with E-state index in [1.54, 1.807) is 0 Å². The summed E-state index contributed by atoms with van der Waals surface area (Å²) in [6.07, 6.45) is 2.83. The number of nitrogens with two attached hydrogens (primary N) is 1. The highest BCUT2D eigenvalue weighted by molar-refractivity contribution is 6.32. The summed E-state index contributed by atoms with van der Waals surface area (Å²) in [4.78, 5) is 22.2. The molecule has 1 aliphatic heterocycles. The topological polar surface area (TPSA) is 90.6 Å². The number of nitrogen functional groups attached to an aromatic ring is 1. The van der Waals surface area contributed by atoms with Gasteiger partial charge < -0.3 is 20.1 Å². The molecule has 0 atom stereocenters. The van der Waals surface area contributed by atoms with Gasteiger partial charge in [-0.05, 0) is 49.9 Å². The molecule has 0 saturated carbocycles. The number of ether oxygens (including phenoxy) is 2. The predicted molar refractivity (Wildman–Crippen MR) is 104 cm³/mol. The smallest absolute Gasteiger partial charge is 0.308 e. The Kier molecular flexibility index (Phi) is 5.70. The molecular weight excluding hydrogens is 368 g/mol. The molecule has 2 heterocycles. The zero-order valence-corrected chi connectivity index (χ0v) is 16.4. The van der Waals surface area contributed by atoms with Gasteiger partial charge in [0.25, 0.3) is 0 Å². The first-order valence-electron chi connectivity index (χ1n) is 8.78. The lowest BCUT2D eigenvalue weighted by molar-refractivity contribution is -0.146. The minimum atomic E-state index is -0.164. The van der Waals surface area contributed by atoms with Crippen molar-refractivity contribution in [1.82, 2.24) is 9.97 Å². The minimum absolute atomic E-state index is 0.0787. The molecule has 1 fully saturated rings. The van der Waals surface area contributed by atoms with Crippen molar-refractivity contribution < 1.29 is 14.3 Å². The van der Waals surface area contributed by atoms with E-state index in [0.29, 0.717) is 54.1 Å². The molecule has 0 aliphatic carbocycles. The third-order valence-electron chi connectivity index (χ3n) is 4.78. The van der Waals surface area contributed by atoms with Crippen LogP contribution in [0.15, 0.2) is 18.5 Å². The number of carbonyl (C=O) groups is 1. The molecule has 0 radical (unpaired) electrons. The molecule has 0 bridgehead atoms. The zero-order valence-electron chi connectivity index (χ0n) is 15.7. The van der Waals surface area contributed by atoms with Gasteiger partial charge >= 0.3 is 5.97 Å². The summed E-state index contributed by atoms with van der Waals surface area (Å²) in [5.41, 5.74) is 8.50. The van der Waals surface area contributed by atoms with Crippen LogP contribution in [0.4, 0.5) is 11.5 Å². The van der Waals surface area contributed by atoms with Gasteiger partial charge in [-0.25, -0.2) is 4.98 Å². The van der Waals surface area contributed by atoms with Crippen molar-refractivity contribution in [1.29, 1.82) is 0 Å². The van der Waals surface area contributed by atoms with Crippen LogP contribution in [-0.4, -0.2) is 36.1 Å². The fourth-order valence-corrected chi connectivity index (χ4v) is 3.38. The molecule has 1 aromatic carbocycles. The normalized spacial score (nSPS) is 14.9. The summed E-state index contributed by atoms with van der Waals surface area (Å²) in [6, 6.07) is 3.69. The molecule has 0 unspecified atom stereocenters. The van der Waals surface area contributed by atoms with Gasteiger partial charge in [0.2, 0.25) is 5.88 Å². The number of benzene rings is 1. The fraction of sp³-hybridized carbons (Fsp3) is 0.421. The Morgan fingerprint density at radius 2 is 1.85 bits per heavy atom. The molecular formula is C19H23ClN4O3. The van der Waals surface area contributed by atoms with Gasteiger partial charge in [0.1, 0.15) is 17.8 Å². The van der Waals surface area contributed by atoms with Crippen LogP contribution in [0.2, 0.25) is 5.02 Å². The molecule has 2 N–H and O–H groups in total. The Labute approximate surface area is 163 Å². The van der Waals surface area contributed by atoms with Gasteiger partial charge in [0.15, 0.2) is 5.82 Å². The number of aryl methyl sites for hydroxylation is 2. The number of anilines is 2. The first-order chi connectivity index (χ1) is 12.9. The maximum atomic E-state index is 11.7. The SMILES string of the molecule is COC(=O)C1CCN(c2ncnc(Oc3cc(C)c(Cl)c(C)c3)c2N)CC1. The lowest BCUT2D eigenvalue weighted by atomic mass is 9.97. The van der Waals surface area contributed by atoms with Gasteiger partial charge in [-0.1, -0.05) is 11.6 Å². The minimum Gasteiger partial charge on any atom is -0.469 e. The lowest BCUT2D eigenvalue weighted by Crippen LogP contribution is -2.37. The Balaban J connectivity index is 1.78. The number of esters is 1. The van der Waals surface area contributed by atoms with Crippen LogP contribution in [0, 0.1) is 19.8 Å². The van der Waals surface area contributed by atoms with Crippen molar-refractivity contribution in [2.75, 3.05) is 30.8 Å². The van der Waals surface area contributed by atoms with Crippen LogP contribution in [0.25, 0.3) is 0 Å². The number of methoxy groups -OCH3 is 1. The van der Waals surface area contributed by atoms with Crippen LogP contribution in [0.5, 0.6) is 11.6 Å². The van der Waals surface area contributed by atoms with E-state index in [-0.39, 0.29) is 11.9 Å². The molecule has 1 saturated heterocycles. The summed E-state index contributed by atoms with van der Waals surface area (Å²) >= 11 is 6.21. The van der Waals surface area contributed by atoms with Gasteiger partial charge in [-0.15, -0.1) is 0 Å². The molecule has 0 spiro atoms. The third kappa shape index (κ3) is 4.08. The number of rotatable bonds is 4. The lowest BCUT2D eigenvalue weighted by Gasteiger charge is -2.32. The van der Waals surface area contributed by atoms with E-state index in [4.69, 9.17) is 26.8 Å². The first-order valence-corrected chi connectivity index (χ1v) is 9.16. The van der Waals surface area contributed by atoms with Crippen molar-refractivity contribution in [2.45, 2.75) is 26.7 Å². The molecule has 7 nitrogen and oxygen atoms in total. The maximum absolute atomic E-state index is 11.7. The highest BCUT2D eigenvalue weighted by Crippen LogP contribution is 2.35. The van der Waals surface area contributed by atoms with Crippen LogP contribution in [0.1, 0.15) is 24.0 Å². The Morgan fingerprint density at radius 1 is 1.22 bits per heavy atom. The highest BCUT2D eigenvalue weighted by atomic mass is 35.5. The maximum Gasteiger partial charge on any atom is 0.308 e. The van der Waals surface area contributed by atoms with E-state index in [2.05, 4.69) is 9.97 Å². The van der Waals surface area contributed by atoms with E-state index in [1.165, 1.54) is 13.4 Å². The zero-order chi connectivity index (χ0) is 19.6. The molecule has 144 valence electrons. The van der Waals surface area contributed by atoms with Crippen LogP contribution >= 0.6 is 11.6 Å². The van der Waals surface area contributed by atoms with E-state index >= 15 is 0 Å². The summed E-state index contributed by atoms with van der Waals surface area (Å²) in [5.74, 6) is 1.30. The van der Waals surface area contributed by atoms with Gasteiger partial charge in [0.05, 0.1) is 13.0 Å². The number of carbonyl (C=O) groups excluding carboxylic acids is 1. The monoisotopic (exact) mass is 390 g/mol. The molecule has 27 heavy (non-hydrogen) atoms. The molecule has 3 rings (SSSR count). The number of halogens is 1. The second kappa shape index (κ2) is 8.00. The van der Waals surface area contributed by atoms with Crippen molar-refractivity contribution >= 4 is 29.1 Å². The van der Waals surface area contributed by atoms with Crippen molar-refractivity contribution in [3.05, 3.63) is 34.6 Å². The standard InChI is InChI=1S/C19H23ClN4O3/c1-11-8-14(9-12(2)15(11)20)27-18-16(21)17(22-10-23-18)24-6-4-13(5-7-24)19(25)26-3/h8-10,13H,4-7,21H2,1-3H3. The van der Waals surface area contributed by atoms with Crippen LogP contribution in [-0.2, 0) is 9.53 Å². The van der Waals surface area contributed by atoms with Gasteiger partial charge in [-0.3, -0.25) is 4.79 Å². The first kappa shape index (κ1) is 19.2. The number of nitrogens with zero attached hydrogens (tertiary/aromatic N) is 3. The number of hydrogen-bond donors (Lipinski definition) is 1. The fourth-order valence-electron chi connectivity index (χ4n) is 3.27. The average molecular weight is 391 g/mol. The van der Waals surface area contributed by atoms with E-state index in [1.807, 2.05) is 30.9 Å². The largest absolute Gasteiger partial charge is 0.469 e. The van der Waals surface area contributed by atoms with E-state index in [9.17, 15) is 4.79 Å². The summed E-state index contributed by atoms with van der Waals surface area (Å²) < 4.78 is 10.7. The van der Waals surface area contributed by atoms with Crippen LogP contribution in [0.3, 0.4) is 0 Å². The third-order valence-corrected chi connectivity index (χ3v) is 5.38. The van der Waals surface area contributed by atoms with Gasteiger partial charge in [-0.2, -0.15) is 4.98 Å². The molecule has 8 heteroatoms. The second-order valence-electron chi connectivity index (χ2n) is 6.67. The number of aromatic nitrogens is 2.